The smallest absolute Gasteiger partial charge is 0.326 e. The molecule has 3 atom stereocenters. The second kappa shape index (κ2) is 10.8. The van der Waals surface area contributed by atoms with Gasteiger partial charge in [-0.3, -0.25) is 19.2 Å². The zero-order valence-corrected chi connectivity index (χ0v) is 18.3. The van der Waals surface area contributed by atoms with Crippen LogP contribution >= 0.6 is 0 Å². The number of H-pyrrole nitrogens is 1. The summed E-state index contributed by atoms with van der Waals surface area (Å²) in [4.78, 5) is 65.1. The average Bonchev–Trinajstić information content (AvgIpc) is 3.45. The summed E-state index contributed by atoms with van der Waals surface area (Å²) >= 11 is 0. The minimum absolute atomic E-state index is 0.0526. The van der Waals surface area contributed by atoms with Gasteiger partial charge in [0, 0.05) is 30.1 Å². The van der Waals surface area contributed by atoms with Crippen molar-refractivity contribution >= 4 is 40.6 Å². The fourth-order valence-corrected chi connectivity index (χ4v) is 4.12. The van der Waals surface area contributed by atoms with Crippen molar-refractivity contribution < 1.29 is 34.2 Å². The summed E-state index contributed by atoms with van der Waals surface area (Å²) in [6, 6.07) is 3.63. The Balaban J connectivity index is 1.82. The maximum atomic E-state index is 13.1. The number of hydrogen-bond acceptors (Lipinski definition) is 6. The number of amides is 3. The molecule has 1 saturated heterocycles. The molecule has 2 aromatic rings. The molecule has 3 amide bonds. The number of likely N-dealkylation sites (tertiary alicyclic amines) is 1. The van der Waals surface area contributed by atoms with Crippen molar-refractivity contribution in [3.05, 3.63) is 36.0 Å². The first kappa shape index (κ1) is 24.7. The van der Waals surface area contributed by atoms with Crippen molar-refractivity contribution in [1.82, 2.24) is 20.5 Å². The van der Waals surface area contributed by atoms with Crippen LogP contribution < -0.4 is 16.4 Å². The van der Waals surface area contributed by atoms with Gasteiger partial charge in [-0.2, -0.15) is 0 Å². The van der Waals surface area contributed by atoms with Crippen LogP contribution in [0, 0.1) is 0 Å². The Labute approximate surface area is 194 Å². The topological polar surface area (TPSA) is 195 Å². The van der Waals surface area contributed by atoms with Crippen LogP contribution in [0.15, 0.2) is 30.5 Å². The molecule has 7 N–H and O–H groups in total. The number of carbonyl (C=O) groups excluding carboxylic acids is 3. The molecule has 0 aliphatic carbocycles. The molecule has 2 heterocycles. The third-order valence-electron chi connectivity index (χ3n) is 5.75. The van der Waals surface area contributed by atoms with E-state index >= 15 is 0 Å². The summed E-state index contributed by atoms with van der Waals surface area (Å²) in [6.07, 6.45) is 1.70. The number of para-hydroxylation sites is 1. The lowest BCUT2D eigenvalue weighted by Crippen LogP contribution is -2.57. The molecule has 34 heavy (non-hydrogen) atoms. The molecular formula is C22H27N5O7. The Morgan fingerprint density at radius 2 is 1.85 bits per heavy atom. The Hall–Kier alpha value is -3.93. The number of nitrogens with zero attached hydrogens (tertiary/aromatic N) is 1. The van der Waals surface area contributed by atoms with Gasteiger partial charge in [0.15, 0.2) is 0 Å². The van der Waals surface area contributed by atoms with Crippen LogP contribution in [0.25, 0.3) is 10.9 Å². The number of nitrogens with one attached hydrogen (secondary N) is 3. The van der Waals surface area contributed by atoms with Gasteiger partial charge in [-0.05, 0) is 24.5 Å². The lowest BCUT2D eigenvalue weighted by Gasteiger charge is -2.28. The first-order chi connectivity index (χ1) is 16.2. The fraction of sp³-hybridized carbons (Fsp3) is 0.409. The molecule has 1 fully saturated rings. The lowest BCUT2D eigenvalue weighted by molar-refractivity contribution is -0.150. The van der Waals surface area contributed by atoms with E-state index in [9.17, 15) is 34.2 Å². The molecule has 0 bridgehead atoms. The number of carbonyl (C=O) groups is 5. The molecule has 1 aromatic heterocycles. The number of hydrogen-bond donors (Lipinski definition) is 6. The van der Waals surface area contributed by atoms with Crippen molar-refractivity contribution in [1.29, 1.82) is 0 Å². The summed E-state index contributed by atoms with van der Waals surface area (Å²) in [6.45, 7) is -0.228. The van der Waals surface area contributed by atoms with Crippen LogP contribution in [-0.2, 0) is 30.4 Å². The van der Waals surface area contributed by atoms with E-state index in [0.717, 1.165) is 21.4 Å². The first-order valence-corrected chi connectivity index (χ1v) is 10.8. The van der Waals surface area contributed by atoms with Gasteiger partial charge in [0.2, 0.25) is 17.7 Å². The van der Waals surface area contributed by atoms with E-state index in [1.807, 2.05) is 24.3 Å². The van der Waals surface area contributed by atoms with E-state index in [1.165, 1.54) is 0 Å². The largest absolute Gasteiger partial charge is 0.481 e. The molecule has 0 radical (unpaired) electrons. The number of benzene rings is 1. The zero-order chi connectivity index (χ0) is 24.8. The highest BCUT2D eigenvalue weighted by Gasteiger charge is 2.39. The van der Waals surface area contributed by atoms with Crippen LogP contribution in [0.1, 0.15) is 24.8 Å². The van der Waals surface area contributed by atoms with Crippen molar-refractivity contribution in [3.8, 4) is 0 Å². The van der Waals surface area contributed by atoms with Gasteiger partial charge < -0.3 is 36.5 Å². The highest BCUT2D eigenvalue weighted by atomic mass is 16.4. The number of nitrogens with two attached hydrogens (primary N) is 1. The maximum Gasteiger partial charge on any atom is 0.326 e. The number of aromatic amines is 1. The van der Waals surface area contributed by atoms with Crippen LogP contribution in [0.5, 0.6) is 0 Å². The number of carboxylic acids is 2. The van der Waals surface area contributed by atoms with E-state index in [2.05, 4.69) is 15.6 Å². The number of fused-ring (bicyclic) bond motifs is 1. The molecule has 12 heteroatoms. The summed E-state index contributed by atoms with van der Waals surface area (Å²) in [7, 11) is 0. The predicted octanol–water partition coefficient (Wildman–Crippen LogP) is -0.811. The summed E-state index contributed by atoms with van der Waals surface area (Å²) in [5, 5.41) is 24.4. The Kier molecular flexibility index (Phi) is 7.84. The van der Waals surface area contributed by atoms with Crippen molar-refractivity contribution in [2.45, 2.75) is 43.8 Å². The third kappa shape index (κ3) is 5.70. The van der Waals surface area contributed by atoms with Crippen LogP contribution in [0.4, 0.5) is 0 Å². The third-order valence-corrected chi connectivity index (χ3v) is 5.75. The average molecular weight is 473 g/mol. The second-order valence-corrected chi connectivity index (χ2v) is 8.07. The molecule has 12 nitrogen and oxygen atoms in total. The highest BCUT2D eigenvalue weighted by molar-refractivity contribution is 5.96. The minimum Gasteiger partial charge on any atom is -0.481 e. The number of aliphatic carboxylic acids is 2. The van der Waals surface area contributed by atoms with E-state index in [-0.39, 0.29) is 25.9 Å². The Bertz CT molecular complexity index is 1100. The molecule has 0 spiro atoms. The first-order valence-electron chi connectivity index (χ1n) is 10.8. The Morgan fingerprint density at radius 1 is 1.12 bits per heavy atom. The van der Waals surface area contributed by atoms with Crippen LogP contribution in [0.3, 0.4) is 0 Å². The van der Waals surface area contributed by atoms with Crippen LogP contribution in [0.2, 0.25) is 0 Å². The second-order valence-electron chi connectivity index (χ2n) is 8.07. The van der Waals surface area contributed by atoms with Gasteiger partial charge in [-0.1, -0.05) is 18.2 Å². The number of rotatable bonds is 10. The Morgan fingerprint density at radius 3 is 2.53 bits per heavy atom. The zero-order valence-electron chi connectivity index (χ0n) is 18.3. The van der Waals surface area contributed by atoms with E-state index in [4.69, 9.17) is 5.73 Å². The molecule has 1 aromatic carbocycles. The van der Waals surface area contributed by atoms with Gasteiger partial charge in [0.05, 0.1) is 13.0 Å². The predicted molar refractivity (Wildman–Crippen MR) is 120 cm³/mol. The quantitative estimate of drug-likeness (QED) is 0.258. The molecule has 182 valence electrons. The number of aromatic nitrogens is 1. The molecule has 3 unspecified atom stereocenters. The van der Waals surface area contributed by atoms with Gasteiger partial charge in [-0.15, -0.1) is 0 Å². The minimum atomic E-state index is -1.50. The van der Waals surface area contributed by atoms with E-state index in [0.29, 0.717) is 6.42 Å². The van der Waals surface area contributed by atoms with Crippen molar-refractivity contribution in [2.75, 3.05) is 13.1 Å². The molecular weight excluding hydrogens is 446 g/mol. The van der Waals surface area contributed by atoms with Crippen molar-refractivity contribution in [3.63, 3.8) is 0 Å². The summed E-state index contributed by atoms with van der Waals surface area (Å²) < 4.78 is 0. The summed E-state index contributed by atoms with van der Waals surface area (Å²) in [5.74, 6) is -4.72. The highest BCUT2D eigenvalue weighted by Crippen LogP contribution is 2.21. The van der Waals surface area contributed by atoms with E-state index < -0.39 is 54.2 Å². The summed E-state index contributed by atoms with van der Waals surface area (Å²) in [5.41, 5.74) is 6.93. The van der Waals surface area contributed by atoms with Gasteiger partial charge in [0.1, 0.15) is 18.1 Å². The van der Waals surface area contributed by atoms with Gasteiger partial charge >= 0.3 is 11.9 Å². The lowest BCUT2D eigenvalue weighted by atomic mass is 10.0. The normalized spacial score (nSPS) is 17.2. The fourth-order valence-electron chi connectivity index (χ4n) is 4.12. The van der Waals surface area contributed by atoms with Crippen molar-refractivity contribution in [2.24, 2.45) is 5.73 Å². The molecule has 1 aliphatic heterocycles. The molecule has 3 rings (SSSR count). The SMILES string of the molecule is NCC(=O)NC(Cc1c[nH]c2ccccc12)C(=O)NC(CC(=O)O)C(=O)N1CCCC1C(=O)O. The van der Waals surface area contributed by atoms with Gasteiger partial charge in [-0.25, -0.2) is 4.79 Å². The van der Waals surface area contributed by atoms with E-state index in [1.54, 1.807) is 6.20 Å². The number of carboxylic acid groups (broad SMARTS) is 2. The maximum absolute atomic E-state index is 13.1. The monoisotopic (exact) mass is 473 g/mol. The van der Waals surface area contributed by atoms with Crippen LogP contribution in [-0.4, -0.2) is 81.0 Å². The van der Waals surface area contributed by atoms with Gasteiger partial charge in [0.25, 0.3) is 0 Å². The molecule has 1 aliphatic rings. The molecule has 0 saturated carbocycles. The standard InChI is InChI=1S/C22H27N5O7/c23-10-18(28)25-15(8-12-11-24-14-5-2-1-4-13(12)14)20(31)26-16(9-19(29)30)21(32)27-7-3-6-17(27)22(33)34/h1-2,4-5,11,15-17,24H,3,6-10,23H2,(H,25,28)(H,26,31)(H,29,30)(H,33,34).